The first-order valence-electron chi connectivity index (χ1n) is 9.92. The van der Waals surface area contributed by atoms with Crippen molar-refractivity contribution in [3.05, 3.63) is 17.5 Å². The summed E-state index contributed by atoms with van der Waals surface area (Å²) in [6, 6.07) is 0.0134. The number of aromatic nitrogens is 2. The summed E-state index contributed by atoms with van der Waals surface area (Å²) in [5, 5.41) is 19.8. The zero-order valence-electron chi connectivity index (χ0n) is 16.1. The van der Waals surface area contributed by atoms with E-state index in [9.17, 15) is 13.2 Å². The van der Waals surface area contributed by atoms with Crippen LogP contribution >= 0.6 is 0 Å². The van der Waals surface area contributed by atoms with E-state index in [1.54, 1.807) is 6.92 Å². The predicted molar refractivity (Wildman–Crippen MR) is 102 cm³/mol. The van der Waals surface area contributed by atoms with E-state index < -0.39 is 11.7 Å². The molecular formula is C19H27F3N6. The Bertz CT molecular complexity index is 733. The summed E-state index contributed by atoms with van der Waals surface area (Å²) in [4.78, 5) is 9.78. The van der Waals surface area contributed by atoms with Crippen molar-refractivity contribution >= 4 is 17.6 Å². The number of halogens is 3. The zero-order chi connectivity index (χ0) is 20.3. The first-order chi connectivity index (χ1) is 13.3. The van der Waals surface area contributed by atoms with Crippen molar-refractivity contribution < 1.29 is 13.2 Å². The van der Waals surface area contributed by atoms with Crippen LogP contribution in [0.3, 0.4) is 0 Å². The van der Waals surface area contributed by atoms with Gasteiger partial charge in [0, 0.05) is 31.1 Å². The highest BCUT2D eigenvalue weighted by molar-refractivity contribution is 5.99. The Hall–Kier alpha value is -2.19. The monoisotopic (exact) mass is 396 g/mol. The third-order valence-corrected chi connectivity index (χ3v) is 5.56. The number of nitrogens with one attached hydrogen (secondary N) is 3. The van der Waals surface area contributed by atoms with Gasteiger partial charge in [0.25, 0.3) is 0 Å². The maximum Gasteiger partial charge on any atom is 0.419 e. The number of nitrogens with zero attached hydrogens (tertiary/aromatic N) is 3. The van der Waals surface area contributed by atoms with Crippen molar-refractivity contribution in [2.75, 3.05) is 11.9 Å². The standard InChI is InChI=1S/C19H27F3N6/c1-2-15-14(19(20,21)22)11-25-18(27-15)26-13-7-5-6-12(10-13)17(24)28-9-4-3-8-16(28)23/h11-13,23-24H,2-10H2,1H3,(H,25,26,27)/t12-,13+/m0/s1. The van der Waals surface area contributed by atoms with Crippen molar-refractivity contribution in [3.63, 3.8) is 0 Å². The zero-order valence-corrected chi connectivity index (χ0v) is 16.1. The smallest absolute Gasteiger partial charge is 0.351 e. The van der Waals surface area contributed by atoms with Crippen molar-refractivity contribution in [2.24, 2.45) is 5.92 Å². The molecular weight excluding hydrogens is 369 g/mol. The average Bonchev–Trinajstić information content (AvgIpc) is 2.67. The molecule has 28 heavy (non-hydrogen) atoms. The molecule has 2 heterocycles. The van der Waals surface area contributed by atoms with Crippen LogP contribution in [0.15, 0.2) is 6.20 Å². The van der Waals surface area contributed by atoms with Gasteiger partial charge in [-0.25, -0.2) is 9.97 Å². The number of anilines is 1. The van der Waals surface area contributed by atoms with E-state index in [0.29, 0.717) is 18.1 Å². The second-order valence-corrected chi connectivity index (χ2v) is 7.55. The minimum absolute atomic E-state index is 0.00753. The van der Waals surface area contributed by atoms with Gasteiger partial charge < -0.3 is 10.2 Å². The minimum atomic E-state index is -4.45. The fraction of sp³-hybridized carbons (Fsp3) is 0.684. The summed E-state index contributed by atoms with van der Waals surface area (Å²) in [7, 11) is 0. The number of aryl methyl sites for hydroxylation is 1. The maximum absolute atomic E-state index is 13.0. The topological polar surface area (TPSA) is 88.8 Å². The predicted octanol–water partition coefficient (Wildman–Crippen LogP) is 4.47. The summed E-state index contributed by atoms with van der Waals surface area (Å²) in [5.74, 6) is 1.28. The Morgan fingerprint density at radius 3 is 2.75 bits per heavy atom. The Morgan fingerprint density at radius 2 is 2.07 bits per heavy atom. The van der Waals surface area contributed by atoms with Gasteiger partial charge in [0.1, 0.15) is 11.7 Å². The van der Waals surface area contributed by atoms with Crippen LogP contribution in [0.5, 0.6) is 0 Å². The molecule has 0 bridgehead atoms. The number of hydrogen-bond acceptors (Lipinski definition) is 5. The highest BCUT2D eigenvalue weighted by atomic mass is 19.4. The summed E-state index contributed by atoms with van der Waals surface area (Å²) in [5.41, 5.74) is -0.792. The molecule has 1 aliphatic carbocycles. The number of piperidine rings is 1. The number of likely N-dealkylation sites (tertiary alicyclic amines) is 1. The van der Waals surface area contributed by atoms with Gasteiger partial charge in [0.15, 0.2) is 0 Å². The van der Waals surface area contributed by atoms with Gasteiger partial charge in [-0.1, -0.05) is 13.3 Å². The summed E-state index contributed by atoms with van der Waals surface area (Å²) in [6.45, 7) is 2.38. The second kappa shape index (κ2) is 8.45. The minimum Gasteiger partial charge on any atom is -0.351 e. The number of hydrogen-bond donors (Lipinski definition) is 3. The summed E-state index contributed by atoms with van der Waals surface area (Å²) in [6.07, 6.45) is 2.70. The van der Waals surface area contributed by atoms with Crippen LogP contribution < -0.4 is 5.32 Å². The third kappa shape index (κ3) is 4.62. The number of rotatable bonds is 4. The van der Waals surface area contributed by atoms with Crippen LogP contribution in [0, 0.1) is 16.7 Å². The normalized spacial score (nSPS) is 23.6. The SMILES string of the molecule is CCc1nc(N[C@@H]2CCC[C@H](C(=N)N3CCCCC3=N)C2)ncc1C(F)(F)F. The van der Waals surface area contributed by atoms with Crippen molar-refractivity contribution in [1.29, 1.82) is 10.8 Å². The summed E-state index contributed by atoms with van der Waals surface area (Å²) < 4.78 is 39.1. The Balaban J connectivity index is 1.66. The number of amidine groups is 2. The molecule has 1 saturated carbocycles. The lowest BCUT2D eigenvalue weighted by molar-refractivity contribution is -0.138. The molecule has 0 aromatic carbocycles. The van der Waals surface area contributed by atoms with Crippen LogP contribution in [-0.4, -0.2) is 39.1 Å². The van der Waals surface area contributed by atoms with Crippen molar-refractivity contribution in [3.8, 4) is 0 Å². The summed E-state index contributed by atoms with van der Waals surface area (Å²) >= 11 is 0. The van der Waals surface area contributed by atoms with Crippen LogP contribution in [0.1, 0.15) is 63.1 Å². The maximum atomic E-state index is 13.0. The first kappa shape index (κ1) is 20.5. The molecule has 0 amide bonds. The Labute approximate surface area is 163 Å². The first-order valence-corrected chi connectivity index (χ1v) is 9.92. The molecule has 2 atom stereocenters. The van der Waals surface area contributed by atoms with E-state index in [1.807, 2.05) is 4.90 Å². The van der Waals surface area contributed by atoms with E-state index in [2.05, 4.69) is 15.3 Å². The lowest BCUT2D eigenvalue weighted by Crippen LogP contribution is -2.45. The van der Waals surface area contributed by atoms with E-state index in [-0.39, 0.29) is 30.0 Å². The van der Waals surface area contributed by atoms with Crippen LogP contribution in [0.2, 0.25) is 0 Å². The highest BCUT2D eigenvalue weighted by Crippen LogP contribution is 2.32. The van der Waals surface area contributed by atoms with Crippen LogP contribution in [0.25, 0.3) is 0 Å². The van der Waals surface area contributed by atoms with Gasteiger partial charge in [-0.2, -0.15) is 13.2 Å². The molecule has 2 fully saturated rings. The number of alkyl halides is 3. The molecule has 9 heteroatoms. The Morgan fingerprint density at radius 1 is 1.29 bits per heavy atom. The lowest BCUT2D eigenvalue weighted by atomic mass is 9.84. The molecule has 154 valence electrons. The molecule has 3 N–H and O–H groups in total. The van der Waals surface area contributed by atoms with E-state index in [4.69, 9.17) is 10.8 Å². The molecule has 1 aliphatic heterocycles. The highest BCUT2D eigenvalue weighted by Gasteiger charge is 2.35. The van der Waals surface area contributed by atoms with Gasteiger partial charge in [0.2, 0.25) is 5.95 Å². The van der Waals surface area contributed by atoms with Crippen LogP contribution in [0.4, 0.5) is 19.1 Å². The Kier molecular flexibility index (Phi) is 6.20. The average molecular weight is 396 g/mol. The van der Waals surface area contributed by atoms with Crippen LogP contribution in [-0.2, 0) is 12.6 Å². The van der Waals surface area contributed by atoms with E-state index >= 15 is 0 Å². The third-order valence-electron chi connectivity index (χ3n) is 5.56. The van der Waals surface area contributed by atoms with Crippen molar-refractivity contribution in [2.45, 2.75) is 70.5 Å². The quantitative estimate of drug-likeness (QED) is 0.518. The van der Waals surface area contributed by atoms with Crippen molar-refractivity contribution in [1.82, 2.24) is 14.9 Å². The van der Waals surface area contributed by atoms with Gasteiger partial charge in [-0.05, 0) is 38.5 Å². The molecule has 0 radical (unpaired) electrons. The molecule has 6 nitrogen and oxygen atoms in total. The molecule has 1 saturated heterocycles. The van der Waals surface area contributed by atoms with E-state index in [1.165, 1.54) is 0 Å². The largest absolute Gasteiger partial charge is 0.419 e. The van der Waals surface area contributed by atoms with Gasteiger partial charge in [-0.15, -0.1) is 0 Å². The van der Waals surface area contributed by atoms with Gasteiger partial charge >= 0.3 is 6.18 Å². The molecule has 0 spiro atoms. The molecule has 0 unspecified atom stereocenters. The molecule has 1 aromatic heterocycles. The second-order valence-electron chi connectivity index (χ2n) is 7.55. The van der Waals surface area contributed by atoms with Gasteiger partial charge in [-0.3, -0.25) is 10.8 Å². The lowest BCUT2D eigenvalue weighted by Gasteiger charge is -2.37. The molecule has 2 aliphatic rings. The van der Waals surface area contributed by atoms with Gasteiger partial charge in [0.05, 0.1) is 11.3 Å². The fourth-order valence-corrected chi connectivity index (χ4v) is 4.06. The fourth-order valence-electron chi connectivity index (χ4n) is 4.06. The van der Waals surface area contributed by atoms with E-state index in [0.717, 1.165) is 51.3 Å². The molecule has 1 aromatic rings. The molecule has 3 rings (SSSR count).